The fourth-order valence-electron chi connectivity index (χ4n) is 1.25. The van der Waals surface area contributed by atoms with Crippen LogP contribution < -0.4 is 5.32 Å². The van der Waals surface area contributed by atoms with Crippen molar-refractivity contribution in [2.45, 2.75) is 39.2 Å². The molecule has 0 aliphatic rings. The summed E-state index contributed by atoms with van der Waals surface area (Å²) >= 11 is 0. The Kier molecular flexibility index (Phi) is 7.01. The Morgan fingerprint density at radius 3 is 2.38 bits per heavy atom. The molecule has 94 valence electrons. The second-order valence-electron chi connectivity index (χ2n) is 3.86. The number of hydrogen-bond donors (Lipinski definition) is 2. The largest absolute Gasteiger partial charge is 0.463 e. The lowest BCUT2D eigenvalue weighted by atomic mass is 9.97. The fraction of sp³-hybridized carbons (Fsp3) is 0.750. The SMILES string of the molecule is C=C(CNCC(O)(CC)CC)C(=O)OCC. The van der Waals surface area contributed by atoms with Crippen molar-refractivity contribution in [1.29, 1.82) is 0 Å². The van der Waals surface area contributed by atoms with E-state index in [-0.39, 0.29) is 5.97 Å². The highest BCUT2D eigenvalue weighted by molar-refractivity contribution is 5.88. The van der Waals surface area contributed by atoms with Gasteiger partial charge in [-0.15, -0.1) is 0 Å². The molecule has 16 heavy (non-hydrogen) atoms. The molecule has 0 radical (unpaired) electrons. The second kappa shape index (κ2) is 7.41. The van der Waals surface area contributed by atoms with Gasteiger partial charge in [-0.05, 0) is 19.8 Å². The molecule has 0 saturated heterocycles. The lowest BCUT2D eigenvalue weighted by Crippen LogP contribution is -2.40. The number of nitrogens with one attached hydrogen (secondary N) is 1. The Hall–Kier alpha value is -0.870. The summed E-state index contributed by atoms with van der Waals surface area (Å²) in [6.07, 6.45) is 1.37. The second-order valence-corrected chi connectivity index (χ2v) is 3.86. The van der Waals surface area contributed by atoms with Crippen LogP contribution in [0.2, 0.25) is 0 Å². The van der Waals surface area contributed by atoms with Gasteiger partial charge in [0.15, 0.2) is 0 Å². The molecule has 0 aromatic heterocycles. The molecule has 0 spiro atoms. The smallest absolute Gasteiger partial charge is 0.334 e. The molecule has 0 saturated carbocycles. The van der Waals surface area contributed by atoms with Crippen LogP contribution in [-0.2, 0) is 9.53 Å². The molecule has 0 fully saturated rings. The van der Waals surface area contributed by atoms with Crippen LogP contribution in [0.1, 0.15) is 33.6 Å². The Balaban J connectivity index is 3.89. The van der Waals surface area contributed by atoms with Crippen LogP contribution in [0.3, 0.4) is 0 Å². The molecule has 4 nitrogen and oxygen atoms in total. The number of esters is 1. The molecule has 0 heterocycles. The minimum Gasteiger partial charge on any atom is -0.463 e. The van der Waals surface area contributed by atoms with Crippen LogP contribution in [0.25, 0.3) is 0 Å². The maximum Gasteiger partial charge on any atom is 0.334 e. The quantitative estimate of drug-likeness (QED) is 0.486. The molecule has 2 N–H and O–H groups in total. The van der Waals surface area contributed by atoms with Crippen molar-refractivity contribution in [2.75, 3.05) is 19.7 Å². The van der Waals surface area contributed by atoms with E-state index < -0.39 is 5.60 Å². The van der Waals surface area contributed by atoms with Gasteiger partial charge in [0.2, 0.25) is 0 Å². The summed E-state index contributed by atoms with van der Waals surface area (Å²) in [5.41, 5.74) is -0.314. The molecule has 0 rings (SSSR count). The fourth-order valence-corrected chi connectivity index (χ4v) is 1.25. The first-order chi connectivity index (χ1) is 7.49. The van der Waals surface area contributed by atoms with Crippen molar-refractivity contribution in [3.63, 3.8) is 0 Å². The number of hydrogen-bond acceptors (Lipinski definition) is 4. The third-order valence-corrected chi connectivity index (χ3v) is 2.67. The number of carbonyl (C=O) groups is 1. The summed E-state index contributed by atoms with van der Waals surface area (Å²) in [6.45, 7) is 10.4. The third-order valence-electron chi connectivity index (χ3n) is 2.67. The number of carbonyl (C=O) groups excluding carboxylic acids is 1. The summed E-state index contributed by atoms with van der Waals surface area (Å²) in [4.78, 5) is 11.2. The topological polar surface area (TPSA) is 58.6 Å². The van der Waals surface area contributed by atoms with Gasteiger partial charge in [0.25, 0.3) is 0 Å². The van der Waals surface area contributed by atoms with Crippen LogP contribution >= 0.6 is 0 Å². The van der Waals surface area contributed by atoms with E-state index in [1.807, 2.05) is 13.8 Å². The maximum atomic E-state index is 11.2. The lowest BCUT2D eigenvalue weighted by Gasteiger charge is -2.25. The summed E-state index contributed by atoms with van der Waals surface area (Å²) in [5, 5.41) is 13.0. The van der Waals surface area contributed by atoms with Crippen molar-refractivity contribution < 1.29 is 14.6 Å². The molecule has 4 heteroatoms. The number of aliphatic hydroxyl groups is 1. The Labute approximate surface area is 97.7 Å². The zero-order chi connectivity index (χ0) is 12.6. The Morgan fingerprint density at radius 1 is 1.38 bits per heavy atom. The summed E-state index contributed by atoms with van der Waals surface area (Å²) in [6, 6.07) is 0. The molecule has 0 aromatic carbocycles. The van der Waals surface area contributed by atoms with Gasteiger partial charge in [-0.25, -0.2) is 4.79 Å². The van der Waals surface area contributed by atoms with Crippen molar-refractivity contribution in [3.05, 3.63) is 12.2 Å². The van der Waals surface area contributed by atoms with Gasteiger partial charge >= 0.3 is 5.97 Å². The van der Waals surface area contributed by atoms with E-state index >= 15 is 0 Å². The van der Waals surface area contributed by atoms with Gasteiger partial charge in [-0.3, -0.25) is 0 Å². The number of rotatable bonds is 8. The average Bonchev–Trinajstić information content (AvgIpc) is 2.29. The van der Waals surface area contributed by atoms with Gasteiger partial charge in [0, 0.05) is 18.7 Å². The Bertz CT molecular complexity index is 234. The third kappa shape index (κ3) is 5.28. The standard InChI is InChI=1S/C12H23NO3/c1-5-12(15,6-2)9-13-8-10(4)11(14)16-7-3/h13,15H,4-9H2,1-3H3. The first kappa shape index (κ1) is 15.1. The molecule has 0 aliphatic carbocycles. The lowest BCUT2D eigenvalue weighted by molar-refractivity contribution is -0.138. The van der Waals surface area contributed by atoms with Crippen molar-refractivity contribution in [3.8, 4) is 0 Å². The van der Waals surface area contributed by atoms with Crippen molar-refractivity contribution in [2.24, 2.45) is 0 Å². The molecule has 0 amide bonds. The minimum atomic E-state index is -0.699. The van der Waals surface area contributed by atoms with Gasteiger partial charge in [-0.1, -0.05) is 20.4 Å². The van der Waals surface area contributed by atoms with Crippen LogP contribution in [0, 0.1) is 0 Å². The van der Waals surface area contributed by atoms with E-state index in [1.54, 1.807) is 6.92 Å². The van der Waals surface area contributed by atoms with Crippen LogP contribution in [0.4, 0.5) is 0 Å². The summed E-state index contributed by atoms with van der Waals surface area (Å²) in [7, 11) is 0. The Morgan fingerprint density at radius 2 is 1.94 bits per heavy atom. The highest BCUT2D eigenvalue weighted by atomic mass is 16.5. The molecular formula is C12H23NO3. The normalized spacial score (nSPS) is 11.2. The molecule has 0 unspecified atom stereocenters. The van der Waals surface area contributed by atoms with Gasteiger partial charge in [0.05, 0.1) is 12.2 Å². The van der Waals surface area contributed by atoms with Crippen LogP contribution in [-0.4, -0.2) is 36.4 Å². The highest BCUT2D eigenvalue weighted by Crippen LogP contribution is 2.12. The summed E-state index contributed by atoms with van der Waals surface area (Å²) in [5.74, 6) is -0.383. The average molecular weight is 229 g/mol. The van der Waals surface area contributed by atoms with E-state index in [0.29, 0.717) is 38.1 Å². The molecule has 0 aromatic rings. The zero-order valence-corrected chi connectivity index (χ0v) is 10.5. The van der Waals surface area contributed by atoms with E-state index in [9.17, 15) is 9.90 Å². The van der Waals surface area contributed by atoms with E-state index in [4.69, 9.17) is 4.74 Å². The molecule has 0 atom stereocenters. The first-order valence-electron chi connectivity index (χ1n) is 5.77. The number of ether oxygens (including phenoxy) is 1. The summed E-state index contributed by atoms with van der Waals surface area (Å²) < 4.78 is 4.80. The van der Waals surface area contributed by atoms with E-state index in [1.165, 1.54) is 0 Å². The van der Waals surface area contributed by atoms with Gasteiger partial charge in [-0.2, -0.15) is 0 Å². The molecular weight excluding hydrogens is 206 g/mol. The zero-order valence-electron chi connectivity index (χ0n) is 10.5. The van der Waals surface area contributed by atoms with Gasteiger partial charge < -0.3 is 15.2 Å². The molecule has 0 bridgehead atoms. The van der Waals surface area contributed by atoms with Gasteiger partial charge in [0.1, 0.15) is 0 Å². The monoisotopic (exact) mass is 229 g/mol. The van der Waals surface area contributed by atoms with Crippen molar-refractivity contribution in [1.82, 2.24) is 5.32 Å². The van der Waals surface area contributed by atoms with E-state index in [2.05, 4.69) is 11.9 Å². The highest BCUT2D eigenvalue weighted by Gasteiger charge is 2.21. The first-order valence-corrected chi connectivity index (χ1v) is 5.77. The van der Waals surface area contributed by atoms with Crippen molar-refractivity contribution >= 4 is 5.97 Å². The minimum absolute atomic E-state index is 0.348. The predicted octanol–water partition coefficient (Wildman–Crippen LogP) is 1.25. The molecule has 0 aliphatic heterocycles. The predicted molar refractivity (Wildman–Crippen MR) is 64.2 cm³/mol. The van der Waals surface area contributed by atoms with E-state index in [0.717, 1.165) is 0 Å². The van der Waals surface area contributed by atoms with Crippen LogP contribution in [0.5, 0.6) is 0 Å². The maximum absolute atomic E-state index is 11.2. The van der Waals surface area contributed by atoms with Crippen LogP contribution in [0.15, 0.2) is 12.2 Å².